The molecule has 0 aliphatic heterocycles. The largest absolute Gasteiger partial charge is 0.394 e. The highest BCUT2D eigenvalue weighted by atomic mass is 16.3. The van der Waals surface area contributed by atoms with Gasteiger partial charge < -0.3 is 10.4 Å². The molecule has 24 heavy (non-hydrogen) atoms. The maximum absolute atomic E-state index is 10.1. The Morgan fingerprint density at radius 1 is 1.04 bits per heavy atom. The summed E-state index contributed by atoms with van der Waals surface area (Å²) in [5, 5.41) is 13.8. The van der Waals surface area contributed by atoms with Gasteiger partial charge in [-0.15, -0.1) is 0 Å². The van der Waals surface area contributed by atoms with Crippen molar-refractivity contribution in [3.63, 3.8) is 0 Å². The Morgan fingerprint density at radius 3 is 2.67 bits per heavy atom. The van der Waals surface area contributed by atoms with E-state index < -0.39 is 0 Å². The third-order valence-electron chi connectivity index (χ3n) is 6.00. The molecule has 2 aromatic rings. The van der Waals surface area contributed by atoms with Gasteiger partial charge >= 0.3 is 0 Å². The lowest BCUT2D eigenvalue weighted by molar-refractivity contribution is 0.159. The van der Waals surface area contributed by atoms with Gasteiger partial charge in [0.15, 0.2) is 0 Å². The highest BCUT2D eigenvalue weighted by Crippen LogP contribution is 2.36. The highest BCUT2D eigenvalue weighted by molar-refractivity contribution is 5.39. The van der Waals surface area contributed by atoms with E-state index in [4.69, 9.17) is 0 Å². The summed E-state index contributed by atoms with van der Waals surface area (Å²) in [5.74, 6) is 0.902. The van der Waals surface area contributed by atoms with Gasteiger partial charge in [-0.2, -0.15) is 0 Å². The predicted molar refractivity (Wildman–Crippen MR) is 97.9 cm³/mol. The first kappa shape index (κ1) is 15.9. The molecule has 0 bridgehead atoms. The van der Waals surface area contributed by atoms with Crippen molar-refractivity contribution in [2.45, 2.75) is 50.6 Å². The Hall–Kier alpha value is -1.64. The first-order valence-corrected chi connectivity index (χ1v) is 9.31. The summed E-state index contributed by atoms with van der Waals surface area (Å²) in [6.45, 7) is 0.971. The van der Waals surface area contributed by atoms with E-state index in [9.17, 15) is 5.11 Å². The number of hydrogen-bond acceptors (Lipinski definition) is 2. The molecule has 1 saturated carbocycles. The van der Waals surface area contributed by atoms with E-state index in [1.54, 1.807) is 0 Å². The number of aliphatic hydroxyl groups excluding tert-OH is 1. The van der Waals surface area contributed by atoms with Gasteiger partial charge in [0.05, 0.1) is 12.1 Å². The molecule has 0 radical (unpaired) electrons. The van der Waals surface area contributed by atoms with Gasteiger partial charge in [0, 0.05) is 6.54 Å². The van der Waals surface area contributed by atoms with Crippen LogP contribution >= 0.6 is 0 Å². The SMILES string of the molecule is OCC1(NCc2cccc(CC3CCC3)c2)CCc2ccccc21. The lowest BCUT2D eigenvalue weighted by Crippen LogP contribution is -2.43. The lowest BCUT2D eigenvalue weighted by Gasteiger charge is -2.30. The van der Waals surface area contributed by atoms with E-state index in [1.807, 2.05) is 0 Å². The van der Waals surface area contributed by atoms with Gasteiger partial charge in [-0.1, -0.05) is 67.8 Å². The second kappa shape index (κ2) is 6.70. The van der Waals surface area contributed by atoms with Crippen LogP contribution in [0.15, 0.2) is 48.5 Å². The molecular weight excluding hydrogens is 294 g/mol. The minimum Gasteiger partial charge on any atom is -0.394 e. The summed E-state index contributed by atoms with van der Waals surface area (Å²) in [5.41, 5.74) is 5.16. The van der Waals surface area contributed by atoms with E-state index in [2.05, 4.69) is 53.8 Å². The first-order chi connectivity index (χ1) is 11.8. The van der Waals surface area contributed by atoms with Crippen molar-refractivity contribution < 1.29 is 5.11 Å². The van der Waals surface area contributed by atoms with Crippen molar-refractivity contribution in [3.05, 3.63) is 70.8 Å². The van der Waals surface area contributed by atoms with Crippen LogP contribution in [0.4, 0.5) is 0 Å². The number of fused-ring (bicyclic) bond motifs is 1. The Bertz CT molecular complexity index is 707. The summed E-state index contributed by atoms with van der Waals surface area (Å²) < 4.78 is 0. The molecule has 2 N–H and O–H groups in total. The fraction of sp³-hybridized carbons (Fsp3) is 0.455. The zero-order valence-electron chi connectivity index (χ0n) is 14.3. The average molecular weight is 321 g/mol. The van der Waals surface area contributed by atoms with Crippen molar-refractivity contribution in [1.29, 1.82) is 0 Å². The molecule has 1 fully saturated rings. The van der Waals surface area contributed by atoms with E-state index in [1.165, 1.54) is 47.9 Å². The van der Waals surface area contributed by atoms with E-state index in [-0.39, 0.29) is 12.1 Å². The number of nitrogens with one attached hydrogen (secondary N) is 1. The topological polar surface area (TPSA) is 32.3 Å². The molecule has 0 saturated heterocycles. The molecule has 0 aromatic heterocycles. The summed E-state index contributed by atoms with van der Waals surface area (Å²) in [6.07, 6.45) is 7.45. The molecule has 4 rings (SSSR count). The van der Waals surface area contributed by atoms with Gasteiger partial charge in [0.2, 0.25) is 0 Å². The zero-order chi connectivity index (χ0) is 16.4. The predicted octanol–water partition coefficient (Wildman–Crippen LogP) is 3.95. The number of aryl methyl sites for hydroxylation is 1. The molecule has 2 nitrogen and oxygen atoms in total. The molecule has 1 atom stereocenters. The van der Waals surface area contributed by atoms with Crippen LogP contribution in [0, 0.1) is 5.92 Å². The first-order valence-electron chi connectivity index (χ1n) is 9.31. The molecule has 0 spiro atoms. The third kappa shape index (κ3) is 3.01. The molecule has 2 aromatic carbocycles. The maximum atomic E-state index is 10.1. The van der Waals surface area contributed by atoms with Crippen molar-refractivity contribution >= 4 is 0 Å². The van der Waals surface area contributed by atoms with Gasteiger partial charge in [-0.25, -0.2) is 0 Å². The normalized spacial score (nSPS) is 23.0. The van der Waals surface area contributed by atoms with Crippen molar-refractivity contribution in [1.82, 2.24) is 5.32 Å². The van der Waals surface area contributed by atoms with Crippen LogP contribution in [0.2, 0.25) is 0 Å². The molecule has 126 valence electrons. The van der Waals surface area contributed by atoms with Crippen molar-refractivity contribution in [2.75, 3.05) is 6.61 Å². The van der Waals surface area contributed by atoms with Gasteiger partial charge in [0.1, 0.15) is 0 Å². The Morgan fingerprint density at radius 2 is 1.88 bits per heavy atom. The van der Waals surface area contributed by atoms with Crippen molar-refractivity contribution in [2.24, 2.45) is 5.92 Å². The lowest BCUT2D eigenvalue weighted by atomic mass is 9.81. The maximum Gasteiger partial charge on any atom is 0.0677 e. The molecule has 2 aliphatic rings. The molecule has 1 unspecified atom stereocenters. The van der Waals surface area contributed by atoms with Crippen LogP contribution in [0.1, 0.15) is 47.9 Å². The van der Waals surface area contributed by atoms with Gasteiger partial charge in [-0.3, -0.25) is 0 Å². The standard InChI is InChI=1S/C22H27NO/c24-16-22(12-11-20-9-1-2-10-21(20)22)23-15-19-8-4-7-18(14-19)13-17-5-3-6-17/h1-2,4,7-10,14,17,23-24H,3,5-6,11-13,15-16H2. The molecule has 0 heterocycles. The fourth-order valence-corrected chi connectivity index (χ4v) is 4.26. The summed E-state index contributed by atoms with van der Waals surface area (Å²) in [4.78, 5) is 0. The highest BCUT2D eigenvalue weighted by Gasteiger charge is 2.37. The zero-order valence-corrected chi connectivity index (χ0v) is 14.3. The van der Waals surface area contributed by atoms with Crippen molar-refractivity contribution in [3.8, 4) is 0 Å². The number of benzene rings is 2. The Labute approximate surface area is 144 Å². The number of aliphatic hydroxyl groups is 1. The van der Waals surface area contributed by atoms with Crippen LogP contribution < -0.4 is 5.32 Å². The molecule has 2 aliphatic carbocycles. The molecular formula is C22H27NO. The number of hydrogen-bond donors (Lipinski definition) is 2. The molecule has 0 amide bonds. The third-order valence-corrected chi connectivity index (χ3v) is 6.00. The van der Waals surface area contributed by atoms with Crippen LogP contribution in [-0.4, -0.2) is 11.7 Å². The molecule has 2 heteroatoms. The van der Waals surface area contributed by atoms with Crippen LogP contribution in [0.5, 0.6) is 0 Å². The van der Waals surface area contributed by atoms with Crippen LogP contribution in [0.25, 0.3) is 0 Å². The smallest absolute Gasteiger partial charge is 0.0677 e. The minimum absolute atomic E-state index is 0.159. The summed E-state index contributed by atoms with van der Waals surface area (Å²) in [7, 11) is 0. The van der Waals surface area contributed by atoms with Gasteiger partial charge in [-0.05, 0) is 47.4 Å². The second-order valence-electron chi connectivity index (χ2n) is 7.57. The summed E-state index contributed by atoms with van der Waals surface area (Å²) in [6, 6.07) is 17.5. The quantitative estimate of drug-likeness (QED) is 0.844. The average Bonchev–Trinajstić information content (AvgIpc) is 2.96. The minimum atomic E-state index is -0.277. The number of rotatable bonds is 6. The van der Waals surface area contributed by atoms with Crippen LogP contribution in [0.3, 0.4) is 0 Å². The fourth-order valence-electron chi connectivity index (χ4n) is 4.26. The van der Waals surface area contributed by atoms with Gasteiger partial charge in [0.25, 0.3) is 0 Å². The van der Waals surface area contributed by atoms with E-state index in [0.717, 1.165) is 25.3 Å². The van der Waals surface area contributed by atoms with Crippen LogP contribution in [-0.2, 0) is 24.9 Å². The second-order valence-corrected chi connectivity index (χ2v) is 7.57. The van der Waals surface area contributed by atoms with E-state index >= 15 is 0 Å². The summed E-state index contributed by atoms with van der Waals surface area (Å²) >= 11 is 0. The Balaban J connectivity index is 1.47. The van der Waals surface area contributed by atoms with E-state index in [0.29, 0.717) is 0 Å². The monoisotopic (exact) mass is 321 g/mol. The Kier molecular flexibility index (Phi) is 4.43.